The van der Waals surface area contributed by atoms with Crippen LogP contribution in [0.2, 0.25) is 0 Å². The Balaban J connectivity index is 2.92. The van der Waals surface area contributed by atoms with Crippen LogP contribution in [0.4, 0.5) is 0 Å². The Morgan fingerprint density at radius 3 is 2.60 bits per heavy atom. The fourth-order valence-electron chi connectivity index (χ4n) is 1.80. The quantitative estimate of drug-likeness (QED) is 0.805. The van der Waals surface area contributed by atoms with Gasteiger partial charge in [-0.2, -0.15) is 0 Å². The molecule has 0 aromatic heterocycles. The molecular formula is C13H21NO. The van der Waals surface area contributed by atoms with Crippen molar-refractivity contribution in [3.05, 3.63) is 29.8 Å². The number of unbranched alkanes of at least 4 members (excludes halogenated alkanes) is 1. The van der Waals surface area contributed by atoms with Gasteiger partial charge < -0.3 is 10.5 Å². The molecule has 1 aromatic carbocycles. The molecule has 0 aliphatic heterocycles. The van der Waals surface area contributed by atoms with Gasteiger partial charge in [0.25, 0.3) is 0 Å². The predicted molar refractivity (Wildman–Crippen MR) is 64.1 cm³/mol. The number of rotatable bonds is 5. The van der Waals surface area contributed by atoms with E-state index in [1.165, 1.54) is 6.42 Å². The second-order valence-corrected chi connectivity index (χ2v) is 4.22. The molecule has 0 saturated heterocycles. The van der Waals surface area contributed by atoms with Gasteiger partial charge in [0.15, 0.2) is 0 Å². The van der Waals surface area contributed by atoms with Crippen LogP contribution in [-0.2, 0) is 5.54 Å². The van der Waals surface area contributed by atoms with E-state index < -0.39 is 0 Å². The number of benzene rings is 1. The lowest BCUT2D eigenvalue weighted by Crippen LogP contribution is -2.33. The highest BCUT2D eigenvalue weighted by atomic mass is 16.5. The molecule has 0 aliphatic carbocycles. The van der Waals surface area contributed by atoms with Crippen LogP contribution in [0.15, 0.2) is 24.3 Å². The molecule has 2 N–H and O–H groups in total. The van der Waals surface area contributed by atoms with E-state index >= 15 is 0 Å². The van der Waals surface area contributed by atoms with E-state index in [0.717, 1.165) is 24.2 Å². The van der Waals surface area contributed by atoms with E-state index in [1.54, 1.807) is 7.11 Å². The third-order valence-electron chi connectivity index (χ3n) is 2.77. The third-order valence-corrected chi connectivity index (χ3v) is 2.77. The average molecular weight is 207 g/mol. The van der Waals surface area contributed by atoms with Gasteiger partial charge in [-0.05, 0) is 19.4 Å². The molecule has 0 radical (unpaired) electrons. The number of methoxy groups -OCH3 is 1. The molecule has 2 nitrogen and oxygen atoms in total. The van der Waals surface area contributed by atoms with Gasteiger partial charge in [0.1, 0.15) is 5.75 Å². The maximum absolute atomic E-state index is 6.32. The largest absolute Gasteiger partial charge is 0.496 e. The van der Waals surface area contributed by atoms with Gasteiger partial charge in [0.2, 0.25) is 0 Å². The molecule has 1 atom stereocenters. The molecule has 0 saturated carbocycles. The van der Waals surface area contributed by atoms with Crippen molar-refractivity contribution < 1.29 is 4.74 Å². The highest BCUT2D eigenvalue weighted by molar-refractivity contribution is 5.38. The summed E-state index contributed by atoms with van der Waals surface area (Å²) in [6.45, 7) is 4.25. The first-order valence-electron chi connectivity index (χ1n) is 5.54. The van der Waals surface area contributed by atoms with E-state index in [4.69, 9.17) is 10.5 Å². The molecule has 0 amide bonds. The molecular weight excluding hydrogens is 186 g/mol. The van der Waals surface area contributed by atoms with Gasteiger partial charge in [-0.25, -0.2) is 0 Å². The number of ether oxygens (including phenoxy) is 1. The van der Waals surface area contributed by atoms with Crippen LogP contribution in [0.3, 0.4) is 0 Å². The normalized spacial score (nSPS) is 14.7. The van der Waals surface area contributed by atoms with Crippen molar-refractivity contribution in [1.29, 1.82) is 0 Å². The summed E-state index contributed by atoms with van der Waals surface area (Å²) in [6, 6.07) is 7.99. The molecule has 2 heteroatoms. The first kappa shape index (κ1) is 12.1. The molecule has 0 aliphatic rings. The minimum Gasteiger partial charge on any atom is -0.496 e. The lowest BCUT2D eigenvalue weighted by atomic mass is 9.87. The van der Waals surface area contributed by atoms with Crippen molar-refractivity contribution in [3.63, 3.8) is 0 Å². The lowest BCUT2D eigenvalue weighted by Gasteiger charge is -2.26. The highest BCUT2D eigenvalue weighted by Crippen LogP contribution is 2.31. The van der Waals surface area contributed by atoms with E-state index in [9.17, 15) is 0 Å². The molecule has 0 fully saturated rings. The van der Waals surface area contributed by atoms with Crippen LogP contribution in [0.5, 0.6) is 5.75 Å². The van der Waals surface area contributed by atoms with Crippen LogP contribution in [-0.4, -0.2) is 7.11 Å². The van der Waals surface area contributed by atoms with Crippen molar-refractivity contribution in [2.24, 2.45) is 5.73 Å². The van der Waals surface area contributed by atoms with E-state index in [1.807, 2.05) is 18.2 Å². The van der Waals surface area contributed by atoms with Crippen molar-refractivity contribution in [3.8, 4) is 5.75 Å². The van der Waals surface area contributed by atoms with Crippen LogP contribution in [0.1, 0.15) is 38.7 Å². The van der Waals surface area contributed by atoms with Crippen molar-refractivity contribution in [1.82, 2.24) is 0 Å². The van der Waals surface area contributed by atoms with Gasteiger partial charge >= 0.3 is 0 Å². The number of hydrogen-bond donors (Lipinski definition) is 1. The standard InChI is InChI=1S/C13H21NO/c1-4-5-10-13(2,14)11-8-6-7-9-12(11)15-3/h6-9H,4-5,10,14H2,1-3H3. The Hall–Kier alpha value is -1.02. The minimum atomic E-state index is -0.289. The molecule has 0 heterocycles. The van der Waals surface area contributed by atoms with E-state index in [2.05, 4.69) is 19.9 Å². The second kappa shape index (κ2) is 5.17. The van der Waals surface area contributed by atoms with Crippen LogP contribution in [0.25, 0.3) is 0 Å². The number of hydrogen-bond acceptors (Lipinski definition) is 2. The lowest BCUT2D eigenvalue weighted by molar-refractivity contribution is 0.373. The zero-order chi connectivity index (χ0) is 11.3. The van der Waals surface area contributed by atoms with Gasteiger partial charge in [-0.15, -0.1) is 0 Å². The van der Waals surface area contributed by atoms with Gasteiger partial charge in [-0.3, -0.25) is 0 Å². The predicted octanol–water partition coefficient (Wildman–Crippen LogP) is 3.06. The van der Waals surface area contributed by atoms with Gasteiger partial charge in [0.05, 0.1) is 7.11 Å². The summed E-state index contributed by atoms with van der Waals surface area (Å²) >= 11 is 0. The van der Waals surface area contributed by atoms with Gasteiger partial charge in [0, 0.05) is 11.1 Å². The summed E-state index contributed by atoms with van der Waals surface area (Å²) in [4.78, 5) is 0. The molecule has 1 rings (SSSR count). The third kappa shape index (κ3) is 2.96. The molecule has 1 aromatic rings. The Bertz CT molecular complexity index is 307. The molecule has 0 spiro atoms. The smallest absolute Gasteiger partial charge is 0.123 e. The summed E-state index contributed by atoms with van der Waals surface area (Å²) in [7, 11) is 1.69. The number of para-hydroxylation sites is 1. The Morgan fingerprint density at radius 2 is 2.00 bits per heavy atom. The van der Waals surface area contributed by atoms with E-state index in [-0.39, 0.29) is 5.54 Å². The van der Waals surface area contributed by atoms with Crippen molar-refractivity contribution in [2.45, 2.75) is 38.6 Å². The topological polar surface area (TPSA) is 35.2 Å². The van der Waals surface area contributed by atoms with Crippen LogP contribution < -0.4 is 10.5 Å². The maximum atomic E-state index is 6.32. The average Bonchev–Trinajstić information content (AvgIpc) is 2.26. The van der Waals surface area contributed by atoms with Crippen LogP contribution >= 0.6 is 0 Å². The van der Waals surface area contributed by atoms with Crippen LogP contribution in [0, 0.1) is 0 Å². The fraction of sp³-hybridized carbons (Fsp3) is 0.538. The summed E-state index contributed by atoms with van der Waals surface area (Å²) in [5, 5.41) is 0. The summed E-state index contributed by atoms with van der Waals surface area (Å²) in [6.07, 6.45) is 3.30. The summed E-state index contributed by atoms with van der Waals surface area (Å²) in [5.74, 6) is 0.888. The monoisotopic (exact) mass is 207 g/mol. The zero-order valence-corrected chi connectivity index (χ0v) is 9.92. The first-order valence-corrected chi connectivity index (χ1v) is 5.54. The summed E-state index contributed by atoms with van der Waals surface area (Å²) < 4.78 is 5.33. The highest BCUT2D eigenvalue weighted by Gasteiger charge is 2.23. The Morgan fingerprint density at radius 1 is 1.33 bits per heavy atom. The SMILES string of the molecule is CCCCC(C)(N)c1ccccc1OC. The minimum absolute atomic E-state index is 0.289. The fourth-order valence-corrected chi connectivity index (χ4v) is 1.80. The first-order chi connectivity index (χ1) is 7.11. The molecule has 84 valence electrons. The van der Waals surface area contributed by atoms with E-state index in [0.29, 0.717) is 0 Å². The zero-order valence-electron chi connectivity index (χ0n) is 9.92. The Kier molecular flexibility index (Phi) is 4.15. The second-order valence-electron chi connectivity index (χ2n) is 4.22. The summed E-state index contributed by atoms with van der Waals surface area (Å²) in [5.41, 5.74) is 7.13. The molecule has 15 heavy (non-hydrogen) atoms. The Labute approximate surface area is 92.4 Å². The van der Waals surface area contributed by atoms with Gasteiger partial charge in [-0.1, -0.05) is 38.0 Å². The van der Waals surface area contributed by atoms with Crippen molar-refractivity contribution in [2.75, 3.05) is 7.11 Å². The number of nitrogens with two attached hydrogens (primary N) is 1. The van der Waals surface area contributed by atoms with Crippen molar-refractivity contribution >= 4 is 0 Å². The molecule has 1 unspecified atom stereocenters. The molecule has 0 bridgehead atoms. The maximum Gasteiger partial charge on any atom is 0.123 e.